The monoisotopic (exact) mass is 408 g/mol. The van der Waals surface area contributed by atoms with Gasteiger partial charge in [0.05, 0.1) is 5.56 Å². The minimum absolute atomic E-state index is 0.0124. The number of rotatable bonds is 6. The molecule has 0 amide bonds. The van der Waals surface area contributed by atoms with E-state index in [2.05, 4.69) is 6.92 Å². The summed E-state index contributed by atoms with van der Waals surface area (Å²) in [4.78, 5) is 24.2. The molecule has 0 saturated heterocycles. The Labute approximate surface area is 176 Å². The summed E-state index contributed by atoms with van der Waals surface area (Å²) in [6, 6.07) is 12.0. The summed E-state index contributed by atoms with van der Waals surface area (Å²) in [7, 11) is 0. The number of carbonyl (C=O) groups is 2. The van der Waals surface area contributed by atoms with Crippen LogP contribution in [0.1, 0.15) is 54.1 Å². The summed E-state index contributed by atoms with van der Waals surface area (Å²) in [5.74, 6) is -0.0708. The molecule has 6 nitrogen and oxygen atoms in total. The number of nitrogen functional groups attached to an aromatic ring is 2. The zero-order valence-electron chi connectivity index (χ0n) is 17.2. The molecule has 1 aliphatic carbocycles. The second kappa shape index (κ2) is 9.96. The molecular weight excluding hydrogens is 380 g/mol. The lowest BCUT2D eigenvalue weighted by molar-refractivity contribution is -0.138. The Morgan fingerprint density at radius 3 is 2.27 bits per heavy atom. The van der Waals surface area contributed by atoms with E-state index < -0.39 is 5.97 Å². The van der Waals surface area contributed by atoms with Gasteiger partial charge in [0.2, 0.25) is 0 Å². The van der Waals surface area contributed by atoms with Crippen molar-refractivity contribution in [2.45, 2.75) is 45.3 Å². The Balaban J connectivity index is 1.48. The highest BCUT2D eigenvalue weighted by Gasteiger charge is 2.22. The van der Waals surface area contributed by atoms with Crippen LogP contribution in [0.25, 0.3) is 6.08 Å². The first kappa shape index (κ1) is 21.4. The van der Waals surface area contributed by atoms with Gasteiger partial charge in [-0.1, -0.05) is 19.1 Å². The van der Waals surface area contributed by atoms with Crippen LogP contribution in [0.15, 0.2) is 48.5 Å². The normalized spacial score (nSPS) is 18.8. The Morgan fingerprint density at radius 1 is 1.00 bits per heavy atom. The Kier molecular flexibility index (Phi) is 7.12. The molecule has 2 aromatic carbocycles. The number of ether oxygens (including phenoxy) is 2. The van der Waals surface area contributed by atoms with E-state index in [0.717, 1.165) is 36.8 Å². The topological polar surface area (TPSA) is 105 Å². The maximum Gasteiger partial charge on any atom is 0.338 e. The van der Waals surface area contributed by atoms with Crippen molar-refractivity contribution in [2.75, 3.05) is 11.5 Å². The van der Waals surface area contributed by atoms with Crippen molar-refractivity contribution < 1.29 is 19.1 Å². The fourth-order valence-electron chi connectivity index (χ4n) is 3.49. The third kappa shape index (κ3) is 6.37. The molecule has 1 fully saturated rings. The largest absolute Gasteiger partial charge is 0.459 e. The van der Waals surface area contributed by atoms with E-state index in [4.69, 9.17) is 20.9 Å². The van der Waals surface area contributed by atoms with E-state index in [1.165, 1.54) is 6.08 Å². The van der Waals surface area contributed by atoms with E-state index in [0.29, 0.717) is 22.9 Å². The molecule has 158 valence electrons. The van der Waals surface area contributed by atoms with Crippen LogP contribution in [0.4, 0.5) is 11.4 Å². The van der Waals surface area contributed by atoms with Crippen LogP contribution >= 0.6 is 0 Å². The molecular formula is C24H28N2O4. The quantitative estimate of drug-likeness (QED) is 0.418. The lowest BCUT2D eigenvalue weighted by atomic mass is 9.89. The van der Waals surface area contributed by atoms with Crippen LogP contribution in [0.3, 0.4) is 0 Å². The fourth-order valence-corrected chi connectivity index (χ4v) is 3.49. The predicted octanol–water partition coefficient (Wildman–Crippen LogP) is 4.34. The van der Waals surface area contributed by atoms with Gasteiger partial charge >= 0.3 is 11.9 Å². The zero-order valence-corrected chi connectivity index (χ0v) is 17.2. The van der Waals surface area contributed by atoms with E-state index >= 15 is 0 Å². The molecule has 30 heavy (non-hydrogen) atoms. The maximum absolute atomic E-state index is 12.3. The molecule has 0 atom stereocenters. The summed E-state index contributed by atoms with van der Waals surface area (Å²) in [6.07, 6.45) is 7.04. The van der Waals surface area contributed by atoms with Gasteiger partial charge < -0.3 is 20.9 Å². The first-order chi connectivity index (χ1) is 14.4. The van der Waals surface area contributed by atoms with Gasteiger partial charge in [0.25, 0.3) is 0 Å². The standard InChI is InChI=1S/C24H28N2O4/c1-16-2-9-22(10-3-16)30-24(28)19-7-4-17(5-8-19)6-11-23(27)29-15-18-12-20(25)14-21(26)13-18/h4-8,11-14,16,22H,2-3,9-10,15,25-26H2,1H3. The van der Waals surface area contributed by atoms with Crippen molar-refractivity contribution in [2.24, 2.45) is 5.92 Å². The lowest BCUT2D eigenvalue weighted by Crippen LogP contribution is -2.23. The van der Waals surface area contributed by atoms with E-state index in [1.54, 1.807) is 48.5 Å². The Hall–Kier alpha value is -3.28. The summed E-state index contributed by atoms with van der Waals surface area (Å²) in [6.45, 7) is 2.32. The Bertz CT molecular complexity index is 893. The molecule has 2 aromatic rings. The van der Waals surface area contributed by atoms with Gasteiger partial charge in [0, 0.05) is 17.5 Å². The lowest BCUT2D eigenvalue weighted by Gasteiger charge is -2.25. The van der Waals surface area contributed by atoms with Gasteiger partial charge in [0.15, 0.2) is 0 Å². The summed E-state index contributed by atoms with van der Waals surface area (Å²) in [5.41, 5.74) is 14.5. The number of hydrogen-bond donors (Lipinski definition) is 2. The van der Waals surface area contributed by atoms with Crippen LogP contribution in [-0.2, 0) is 20.9 Å². The number of benzene rings is 2. The van der Waals surface area contributed by atoms with Crippen LogP contribution in [0, 0.1) is 5.92 Å². The number of carbonyl (C=O) groups excluding carboxylic acids is 2. The van der Waals surface area contributed by atoms with Crippen molar-refractivity contribution in [3.8, 4) is 0 Å². The zero-order chi connectivity index (χ0) is 21.5. The second-order valence-electron chi connectivity index (χ2n) is 7.86. The summed E-state index contributed by atoms with van der Waals surface area (Å²) >= 11 is 0. The Morgan fingerprint density at radius 2 is 1.63 bits per heavy atom. The third-order valence-electron chi connectivity index (χ3n) is 5.21. The minimum atomic E-state index is -0.481. The van der Waals surface area contributed by atoms with Crippen LogP contribution in [0.5, 0.6) is 0 Å². The van der Waals surface area contributed by atoms with Gasteiger partial charge in [-0.3, -0.25) is 0 Å². The number of anilines is 2. The smallest absolute Gasteiger partial charge is 0.338 e. The predicted molar refractivity (Wildman–Crippen MR) is 117 cm³/mol. The van der Waals surface area contributed by atoms with Gasteiger partial charge in [0.1, 0.15) is 12.7 Å². The molecule has 0 radical (unpaired) electrons. The molecule has 3 rings (SSSR count). The van der Waals surface area contributed by atoms with Crippen molar-refractivity contribution in [1.82, 2.24) is 0 Å². The van der Waals surface area contributed by atoms with Crippen molar-refractivity contribution in [3.05, 3.63) is 65.2 Å². The molecule has 0 heterocycles. The highest BCUT2D eigenvalue weighted by molar-refractivity contribution is 5.90. The third-order valence-corrected chi connectivity index (χ3v) is 5.21. The fraction of sp³-hybridized carbons (Fsp3) is 0.333. The number of nitrogens with two attached hydrogens (primary N) is 2. The van der Waals surface area contributed by atoms with E-state index in [9.17, 15) is 9.59 Å². The average Bonchev–Trinajstić information content (AvgIpc) is 2.72. The highest BCUT2D eigenvalue weighted by Crippen LogP contribution is 2.26. The molecule has 0 bridgehead atoms. The minimum Gasteiger partial charge on any atom is -0.459 e. The summed E-state index contributed by atoms with van der Waals surface area (Å²) in [5, 5.41) is 0. The molecule has 0 spiro atoms. The molecule has 1 saturated carbocycles. The molecule has 6 heteroatoms. The van der Waals surface area contributed by atoms with E-state index in [-0.39, 0.29) is 18.7 Å². The highest BCUT2D eigenvalue weighted by atomic mass is 16.5. The average molecular weight is 408 g/mol. The van der Waals surface area contributed by atoms with Crippen molar-refractivity contribution in [1.29, 1.82) is 0 Å². The van der Waals surface area contributed by atoms with Crippen molar-refractivity contribution >= 4 is 29.4 Å². The van der Waals surface area contributed by atoms with E-state index in [1.807, 2.05) is 0 Å². The molecule has 1 aliphatic rings. The molecule has 0 unspecified atom stereocenters. The van der Waals surface area contributed by atoms with Gasteiger partial charge in [-0.15, -0.1) is 0 Å². The van der Waals surface area contributed by atoms with Crippen LogP contribution in [-0.4, -0.2) is 18.0 Å². The van der Waals surface area contributed by atoms with Crippen LogP contribution in [0.2, 0.25) is 0 Å². The summed E-state index contributed by atoms with van der Waals surface area (Å²) < 4.78 is 10.8. The van der Waals surface area contributed by atoms with Gasteiger partial charge in [-0.05, 0) is 79.1 Å². The van der Waals surface area contributed by atoms with Gasteiger partial charge in [-0.2, -0.15) is 0 Å². The SMILES string of the molecule is CC1CCC(OC(=O)c2ccc(C=CC(=O)OCc3cc(N)cc(N)c3)cc2)CC1. The molecule has 4 N–H and O–H groups in total. The molecule has 0 aromatic heterocycles. The number of hydrogen-bond acceptors (Lipinski definition) is 6. The maximum atomic E-state index is 12.3. The second-order valence-corrected chi connectivity index (χ2v) is 7.86. The van der Waals surface area contributed by atoms with Crippen LogP contribution < -0.4 is 11.5 Å². The first-order valence-corrected chi connectivity index (χ1v) is 10.2. The first-order valence-electron chi connectivity index (χ1n) is 10.2. The van der Waals surface area contributed by atoms with Gasteiger partial charge in [-0.25, -0.2) is 9.59 Å². The molecule has 0 aliphatic heterocycles. The van der Waals surface area contributed by atoms with Crippen molar-refractivity contribution in [3.63, 3.8) is 0 Å². The number of esters is 2.